The summed E-state index contributed by atoms with van der Waals surface area (Å²) < 4.78 is 0. The third kappa shape index (κ3) is 7.34. The number of allylic oxidation sites excluding steroid dienone is 3. The first-order valence-corrected chi connectivity index (χ1v) is 4.07. The first kappa shape index (κ1) is 10.4. The van der Waals surface area contributed by atoms with Crippen LogP contribution < -0.4 is 0 Å². The molecule has 0 aliphatic heterocycles. The summed E-state index contributed by atoms with van der Waals surface area (Å²) in [6, 6.07) is 0. The van der Waals surface area contributed by atoms with Gasteiger partial charge in [-0.15, -0.1) is 0 Å². The van der Waals surface area contributed by atoms with Gasteiger partial charge in [-0.05, 0) is 26.3 Å². The van der Waals surface area contributed by atoms with Gasteiger partial charge in [0.1, 0.15) is 5.17 Å². The SMILES string of the molecule is CC/C=C/N=C(/Cl)C=C(C)C. The Bertz CT molecular complexity index is 186. The van der Waals surface area contributed by atoms with E-state index in [-0.39, 0.29) is 0 Å². The van der Waals surface area contributed by atoms with Gasteiger partial charge in [0, 0.05) is 6.20 Å². The van der Waals surface area contributed by atoms with Crippen LogP contribution in [0.2, 0.25) is 0 Å². The van der Waals surface area contributed by atoms with Crippen molar-refractivity contribution < 1.29 is 0 Å². The van der Waals surface area contributed by atoms with Crippen LogP contribution in [0.3, 0.4) is 0 Å². The van der Waals surface area contributed by atoms with Crippen LogP contribution in [0.5, 0.6) is 0 Å². The molecule has 0 aromatic heterocycles. The van der Waals surface area contributed by atoms with Crippen molar-refractivity contribution >= 4 is 16.8 Å². The van der Waals surface area contributed by atoms with E-state index in [1.807, 2.05) is 26.0 Å². The molecule has 0 unspecified atom stereocenters. The van der Waals surface area contributed by atoms with Gasteiger partial charge in [0.15, 0.2) is 0 Å². The van der Waals surface area contributed by atoms with Gasteiger partial charge in [-0.3, -0.25) is 0 Å². The van der Waals surface area contributed by atoms with Crippen molar-refractivity contribution in [3.05, 3.63) is 23.9 Å². The van der Waals surface area contributed by atoms with Crippen molar-refractivity contribution in [2.45, 2.75) is 27.2 Å². The second kappa shape index (κ2) is 6.17. The molecule has 0 atom stereocenters. The van der Waals surface area contributed by atoms with Crippen LogP contribution in [-0.2, 0) is 0 Å². The molecule has 0 fully saturated rings. The van der Waals surface area contributed by atoms with Gasteiger partial charge in [0.05, 0.1) is 0 Å². The first-order valence-electron chi connectivity index (χ1n) is 3.70. The molecule has 0 heterocycles. The van der Waals surface area contributed by atoms with E-state index in [2.05, 4.69) is 11.9 Å². The lowest BCUT2D eigenvalue weighted by molar-refractivity contribution is 1.21. The summed E-state index contributed by atoms with van der Waals surface area (Å²) in [7, 11) is 0. The molecule has 0 amide bonds. The van der Waals surface area contributed by atoms with E-state index < -0.39 is 0 Å². The summed E-state index contributed by atoms with van der Waals surface area (Å²) >= 11 is 5.73. The van der Waals surface area contributed by atoms with Crippen molar-refractivity contribution in [1.29, 1.82) is 0 Å². The van der Waals surface area contributed by atoms with E-state index in [1.54, 1.807) is 6.20 Å². The van der Waals surface area contributed by atoms with Crippen molar-refractivity contribution in [1.82, 2.24) is 0 Å². The molecule has 0 aromatic carbocycles. The summed E-state index contributed by atoms with van der Waals surface area (Å²) in [6.07, 6.45) is 6.51. The Balaban J connectivity index is 4.01. The maximum Gasteiger partial charge on any atom is 0.128 e. The van der Waals surface area contributed by atoms with Gasteiger partial charge in [-0.1, -0.05) is 30.2 Å². The molecular formula is C9H14ClN. The minimum absolute atomic E-state index is 0.537. The molecule has 0 aliphatic rings. The van der Waals surface area contributed by atoms with Crippen molar-refractivity contribution in [3.8, 4) is 0 Å². The van der Waals surface area contributed by atoms with Crippen LogP contribution in [0, 0.1) is 0 Å². The average Bonchev–Trinajstić information content (AvgIpc) is 1.86. The third-order valence-electron chi connectivity index (χ3n) is 0.947. The van der Waals surface area contributed by atoms with Gasteiger partial charge in [0.2, 0.25) is 0 Å². The van der Waals surface area contributed by atoms with E-state index >= 15 is 0 Å². The first-order chi connectivity index (χ1) is 5.16. The Labute approximate surface area is 73.5 Å². The predicted octanol–water partition coefficient (Wildman–Crippen LogP) is 3.51. The quantitative estimate of drug-likeness (QED) is 0.577. The summed E-state index contributed by atoms with van der Waals surface area (Å²) in [5.41, 5.74) is 1.16. The molecule has 62 valence electrons. The Morgan fingerprint density at radius 3 is 2.55 bits per heavy atom. The smallest absolute Gasteiger partial charge is 0.128 e. The standard InChI is InChI=1S/C9H14ClN/c1-4-5-6-11-9(10)7-8(2)3/h5-7H,4H2,1-3H3/b6-5+,11-9+. The van der Waals surface area contributed by atoms with E-state index in [0.717, 1.165) is 12.0 Å². The second-order valence-corrected chi connectivity index (χ2v) is 2.85. The Morgan fingerprint density at radius 1 is 1.45 bits per heavy atom. The summed E-state index contributed by atoms with van der Waals surface area (Å²) in [5, 5.41) is 0.537. The molecule has 0 bridgehead atoms. The lowest BCUT2D eigenvalue weighted by Gasteiger charge is -1.87. The Morgan fingerprint density at radius 2 is 2.09 bits per heavy atom. The lowest BCUT2D eigenvalue weighted by Crippen LogP contribution is -1.78. The van der Waals surface area contributed by atoms with Crippen molar-refractivity contribution in [2.24, 2.45) is 4.99 Å². The van der Waals surface area contributed by atoms with Gasteiger partial charge < -0.3 is 0 Å². The third-order valence-corrected chi connectivity index (χ3v) is 1.15. The van der Waals surface area contributed by atoms with E-state index in [9.17, 15) is 0 Å². The fourth-order valence-corrected chi connectivity index (χ4v) is 0.779. The molecule has 0 saturated carbocycles. The highest BCUT2D eigenvalue weighted by Crippen LogP contribution is 1.96. The molecular weight excluding hydrogens is 158 g/mol. The zero-order valence-electron chi connectivity index (χ0n) is 7.26. The Kier molecular flexibility index (Phi) is 5.86. The maximum absolute atomic E-state index is 5.73. The molecule has 0 saturated heterocycles. The molecule has 2 heteroatoms. The number of aliphatic imine (C=N–C) groups is 1. The van der Waals surface area contributed by atoms with Gasteiger partial charge >= 0.3 is 0 Å². The number of rotatable bonds is 3. The molecule has 0 rings (SSSR count). The molecule has 0 radical (unpaired) electrons. The number of hydrogen-bond acceptors (Lipinski definition) is 1. The minimum Gasteiger partial charge on any atom is -0.245 e. The van der Waals surface area contributed by atoms with Gasteiger partial charge in [0.25, 0.3) is 0 Å². The zero-order valence-corrected chi connectivity index (χ0v) is 8.02. The second-order valence-electron chi connectivity index (χ2n) is 2.47. The highest BCUT2D eigenvalue weighted by atomic mass is 35.5. The van der Waals surface area contributed by atoms with Crippen LogP contribution in [-0.4, -0.2) is 5.17 Å². The summed E-state index contributed by atoms with van der Waals surface area (Å²) in [5.74, 6) is 0. The number of halogens is 1. The summed E-state index contributed by atoms with van der Waals surface area (Å²) in [4.78, 5) is 3.98. The van der Waals surface area contributed by atoms with E-state index in [1.165, 1.54) is 0 Å². The Hall–Kier alpha value is -0.560. The topological polar surface area (TPSA) is 12.4 Å². The molecule has 11 heavy (non-hydrogen) atoms. The van der Waals surface area contributed by atoms with Crippen molar-refractivity contribution in [2.75, 3.05) is 0 Å². The molecule has 0 N–H and O–H groups in total. The molecule has 0 aliphatic carbocycles. The zero-order chi connectivity index (χ0) is 8.69. The number of hydrogen-bond donors (Lipinski definition) is 0. The molecule has 0 aromatic rings. The van der Waals surface area contributed by atoms with E-state index in [4.69, 9.17) is 11.6 Å². The van der Waals surface area contributed by atoms with Crippen LogP contribution in [0.4, 0.5) is 0 Å². The average molecular weight is 172 g/mol. The van der Waals surface area contributed by atoms with Crippen molar-refractivity contribution in [3.63, 3.8) is 0 Å². The van der Waals surface area contributed by atoms with Crippen LogP contribution in [0.25, 0.3) is 0 Å². The fourth-order valence-electron chi connectivity index (χ4n) is 0.505. The molecule has 0 spiro atoms. The highest BCUT2D eigenvalue weighted by Gasteiger charge is 1.83. The monoisotopic (exact) mass is 171 g/mol. The van der Waals surface area contributed by atoms with Crippen LogP contribution >= 0.6 is 11.6 Å². The molecule has 1 nitrogen and oxygen atoms in total. The lowest BCUT2D eigenvalue weighted by atomic mass is 10.3. The van der Waals surface area contributed by atoms with Gasteiger partial charge in [-0.25, -0.2) is 4.99 Å². The van der Waals surface area contributed by atoms with Crippen LogP contribution in [0.1, 0.15) is 27.2 Å². The van der Waals surface area contributed by atoms with E-state index in [0.29, 0.717) is 5.17 Å². The largest absolute Gasteiger partial charge is 0.245 e. The van der Waals surface area contributed by atoms with Gasteiger partial charge in [-0.2, -0.15) is 0 Å². The van der Waals surface area contributed by atoms with Crippen LogP contribution in [0.15, 0.2) is 28.9 Å². The maximum atomic E-state index is 5.73. The fraction of sp³-hybridized carbons (Fsp3) is 0.444. The summed E-state index contributed by atoms with van der Waals surface area (Å²) in [6.45, 7) is 6.03. The predicted molar refractivity (Wildman–Crippen MR) is 52.2 cm³/mol. The normalized spacial score (nSPS) is 12.2. The highest BCUT2D eigenvalue weighted by molar-refractivity contribution is 6.68. The number of nitrogens with zero attached hydrogens (tertiary/aromatic N) is 1. The minimum atomic E-state index is 0.537.